The van der Waals surface area contributed by atoms with E-state index in [0.29, 0.717) is 16.9 Å². The Morgan fingerprint density at radius 2 is 1.92 bits per heavy atom. The lowest BCUT2D eigenvalue weighted by Crippen LogP contribution is -2.28. The molecule has 2 amide bonds. The number of anilines is 2. The van der Waals surface area contributed by atoms with Gasteiger partial charge in [-0.2, -0.15) is 0 Å². The molecule has 0 bridgehead atoms. The summed E-state index contributed by atoms with van der Waals surface area (Å²) in [4.78, 5) is 37.7. The van der Waals surface area contributed by atoms with Gasteiger partial charge in [-0.1, -0.05) is 6.07 Å². The van der Waals surface area contributed by atoms with Crippen molar-refractivity contribution in [3.05, 3.63) is 59.9 Å². The standard InChI is InChI=1S/C19H17FN2O4/c1-26-19(25)12-3-2-4-15(9-12)21-18(24)13-10-17(23)22(11-13)16-7-5-14(20)6-8-16/h2-9,13H,10-11H2,1H3,(H,21,24). The van der Waals surface area contributed by atoms with E-state index < -0.39 is 11.9 Å². The summed E-state index contributed by atoms with van der Waals surface area (Å²) in [6.07, 6.45) is 0.0693. The third kappa shape index (κ3) is 3.72. The number of carbonyl (C=O) groups is 3. The Labute approximate surface area is 149 Å². The molecule has 26 heavy (non-hydrogen) atoms. The molecule has 0 aliphatic carbocycles. The SMILES string of the molecule is COC(=O)c1cccc(NC(=O)C2CC(=O)N(c3ccc(F)cc3)C2)c1. The Bertz CT molecular complexity index is 851. The van der Waals surface area contributed by atoms with E-state index >= 15 is 0 Å². The van der Waals surface area contributed by atoms with Crippen molar-refractivity contribution in [2.75, 3.05) is 23.9 Å². The molecule has 1 atom stereocenters. The van der Waals surface area contributed by atoms with Crippen LogP contribution in [0.2, 0.25) is 0 Å². The third-order valence-electron chi connectivity index (χ3n) is 4.19. The molecule has 7 heteroatoms. The summed E-state index contributed by atoms with van der Waals surface area (Å²) in [6, 6.07) is 11.9. The molecule has 0 saturated carbocycles. The van der Waals surface area contributed by atoms with Gasteiger partial charge in [0.15, 0.2) is 0 Å². The van der Waals surface area contributed by atoms with Crippen LogP contribution in [0.15, 0.2) is 48.5 Å². The highest BCUT2D eigenvalue weighted by atomic mass is 19.1. The lowest BCUT2D eigenvalue weighted by atomic mass is 10.1. The molecule has 2 aromatic carbocycles. The van der Waals surface area contributed by atoms with Crippen molar-refractivity contribution in [2.45, 2.75) is 6.42 Å². The molecule has 0 spiro atoms. The maximum atomic E-state index is 13.0. The topological polar surface area (TPSA) is 75.7 Å². The second kappa shape index (κ2) is 7.35. The minimum atomic E-state index is -0.533. The molecular weight excluding hydrogens is 339 g/mol. The zero-order chi connectivity index (χ0) is 18.7. The van der Waals surface area contributed by atoms with E-state index in [1.165, 1.54) is 42.3 Å². The van der Waals surface area contributed by atoms with Gasteiger partial charge in [-0.05, 0) is 42.5 Å². The predicted octanol–water partition coefficient (Wildman–Crippen LogP) is 2.60. The highest BCUT2D eigenvalue weighted by molar-refractivity contribution is 6.03. The summed E-state index contributed by atoms with van der Waals surface area (Å²) in [5.74, 6) is -1.93. The third-order valence-corrected chi connectivity index (χ3v) is 4.19. The molecule has 0 aromatic heterocycles. The number of nitrogens with zero attached hydrogens (tertiary/aromatic N) is 1. The number of amides is 2. The van der Waals surface area contributed by atoms with Gasteiger partial charge in [0, 0.05) is 24.3 Å². The Hall–Kier alpha value is -3.22. The smallest absolute Gasteiger partial charge is 0.337 e. The molecule has 6 nitrogen and oxygen atoms in total. The number of rotatable bonds is 4. The normalized spacial score (nSPS) is 16.5. The summed E-state index contributed by atoms with van der Waals surface area (Å²) >= 11 is 0. The Balaban J connectivity index is 1.68. The highest BCUT2D eigenvalue weighted by Gasteiger charge is 2.35. The Morgan fingerprint density at radius 1 is 1.19 bits per heavy atom. The van der Waals surface area contributed by atoms with Gasteiger partial charge in [0.1, 0.15) is 5.82 Å². The molecule has 1 aliphatic rings. The largest absolute Gasteiger partial charge is 0.465 e. The van der Waals surface area contributed by atoms with Crippen LogP contribution < -0.4 is 10.2 Å². The zero-order valence-corrected chi connectivity index (χ0v) is 14.1. The van der Waals surface area contributed by atoms with Gasteiger partial charge in [0.05, 0.1) is 18.6 Å². The molecule has 1 heterocycles. The Kier molecular flexibility index (Phi) is 4.97. The first-order valence-corrected chi connectivity index (χ1v) is 8.03. The van der Waals surface area contributed by atoms with E-state index in [1.54, 1.807) is 18.2 Å². The number of esters is 1. The van der Waals surface area contributed by atoms with Crippen LogP contribution in [-0.2, 0) is 14.3 Å². The van der Waals surface area contributed by atoms with E-state index in [1.807, 2.05) is 0 Å². The zero-order valence-electron chi connectivity index (χ0n) is 14.1. The van der Waals surface area contributed by atoms with Gasteiger partial charge < -0.3 is 15.0 Å². The summed E-state index contributed by atoms with van der Waals surface area (Å²) in [5, 5.41) is 2.72. The number of halogens is 1. The van der Waals surface area contributed by atoms with Crippen molar-refractivity contribution >= 4 is 29.2 Å². The highest BCUT2D eigenvalue weighted by Crippen LogP contribution is 2.26. The molecule has 1 saturated heterocycles. The van der Waals surface area contributed by atoms with Crippen LogP contribution in [0.25, 0.3) is 0 Å². The summed E-state index contributed by atoms with van der Waals surface area (Å²) in [5.41, 5.74) is 1.32. The molecule has 134 valence electrons. The maximum absolute atomic E-state index is 13.0. The number of methoxy groups -OCH3 is 1. The lowest BCUT2D eigenvalue weighted by Gasteiger charge is -2.16. The van der Waals surface area contributed by atoms with Crippen LogP contribution in [0.3, 0.4) is 0 Å². The minimum absolute atomic E-state index is 0.0693. The van der Waals surface area contributed by atoms with Gasteiger partial charge in [-0.3, -0.25) is 9.59 Å². The average molecular weight is 356 g/mol. The fraction of sp³-hybridized carbons (Fsp3) is 0.211. The molecule has 2 aromatic rings. The van der Waals surface area contributed by atoms with E-state index in [0.717, 1.165) is 0 Å². The quantitative estimate of drug-likeness (QED) is 0.855. The minimum Gasteiger partial charge on any atom is -0.465 e. The average Bonchev–Trinajstić information content (AvgIpc) is 3.04. The van der Waals surface area contributed by atoms with E-state index in [-0.39, 0.29) is 30.6 Å². The molecule has 1 aliphatic heterocycles. The number of benzene rings is 2. The van der Waals surface area contributed by atoms with Crippen molar-refractivity contribution in [2.24, 2.45) is 5.92 Å². The van der Waals surface area contributed by atoms with Gasteiger partial charge >= 0.3 is 5.97 Å². The Morgan fingerprint density at radius 3 is 2.62 bits per heavy atom. The number of nitrogens with one attached hydrogen (secondary N) is 1. The molecule has 1 unspecified atom stereocenters. The van der Waals surface area contributed by atoms with E-state index in [4.69, 9.17) is 0 Å². The van der Waals surface area contributed by atoms with Gasteiger partial charge in [0.25, 0.3) is 0 Å². The molecule has 1 N–H and O–H groups in total. The van der Waals surface area contributed by atoms with Crippen LogP contribution in [0.1, 0.15) is 16.8 Å². The van der Waals surface area contributed by atoms with Crippen molar-refractivity contribution in [3.63, 3.8) is 0 Å². The summed E-state index contributed by atoms with van der Waals surface area (Å²) in [6.45, 7) is 0.215. The first-order chi connectivity index (χ1) is 12.5. The second-order valence-electron chi connectivity index (χ2n) is 5.94. The first kappa shape index (κ1) is 17.6. The number of ether oxygens (including phenoxy) is 1. The fourth-order valence-electron chi connectivity index (χ4n) is 2.84. The number of carbonyl (C=O) groups excluding carboxylic acids is 3. The van der Waals surface area contributed by atoms with Crippen LogP contribution in [0.5, 0.6) is 0 Å². The van der Waals surface area contributed by atoms with Crippen LogP contribution in [0, 0.1) is 11.7 Å². The molecule has 0 radical (unpaired) electrons. The van der Waals surface area contributed by atoms with Crippen molar-refractivity contribution < 1.29 is 23.5 Å². The summed E-state index contributed by atoms with van der Waals surface area (Å²) in [7, 11) is 1.28. The number of hydrogen-bond donors (Lipinski definition) is 1. The van der Waals surface area contributed by atoms with Gasteiger partial charge in [0.2, 0.25) is 11.8 Å². The summed E-state index contributed by atoms with van der Waals surface area (Å²) < 4.78 is 17.7. The molecule has 1 fully saturated rings. The fourth-order valence-corrected chi connectivity index (χ4v) is 2.84. The van der Waals surface area contributed by atoms with Crippen LogP contribution in [-0.4, -0.2) is 31.4 Å². The number of hydrogen-bond acceptors (Lipinski definition) is 4. The maximum Gasteiger partial charge on any atom is 0.337 e. The van der Waals surface area contributed by atoms with Crippen LogP contribution in [0.4, 0.5) is 15.8 Å². The monoisotopic (exact) mass is 356 g/mol. The van der Waals surface area contributed by atoms with Crippen LogP contribution >= 0.6 is 0 Å². The van der Waals surface area contributed by atoms with Crippen molar-refractivity contribution in [1.29, 1.82) is 0 Å². The van der Waals surface area contributed by atoms with Crippen molar-refractivity contribution in [1.82, 2.24) is 0 Å². The molecular formula is C19H17FN2O4. The predicted molar refractivity (Wildman–Crippen MR) is 93.3 cm³/mol. The van der Waals surface area contributed by atoms with Gasteiger partial charge in [-0.25, -0.2) is 9.18 Å². The van der Waals surface area contributed by atoms with Gasteiger partial charge in [-0.15, -0.1) is 0 Å². The molecule has 3 rings (SSSR count). The lowest BCUT2D eigenvalue weighted by molar-refractivity contribution is -0.122. The van der Waals surface area contributed by atoms with E-state index in [9.17, 15) is 18.8 Å². The first-order valence-electron chi connectivity index (χ1n) is 8.03. The second-order valence-corrected chi connectivity index (χ2v) is 5.94. The van der Waals surface area contributed by atoms with Crippen molar-refractivity contribution in [3.8, 4) is 0 Å². The van der Waals surface area contributed by atoms with E-state index in [2.05, 4.69) is 10.1 Å².